The number of allylic oxidation sites excluding steroid dienone is 2. The first-order valence-corrected chi connectivity index (χ1v) is 3.79. The molecule has 0 radical (unpaired) electrons. The molecule has 0 bridgehead atoms. The average Bonchev–Trinajstić information content (AvgIpc) is 2.04. The van der Waals surface area contributed by atoms with Crippen molar-refractivity contribution in [2.75, 3.05) is 0 Å². The van der Waals surface area contributed by atoms with Crippen LogP contribution >= 0.6 is 0 Å². The summed E-state index contributed by atoms with van der Waals surface area (Å²) in [6.45, 7) is 6.25. The maximum absolute atomic E-state index is 4.07. The summed E-state index contributed by atoms with van der Waals surface area (Å²) in [7, 11) is 0. The van der Waals surface area contributed by atoms with Gasteiger partial charge >= 0.3 is 0 Å². The van der Waals surface area contributed by atoms with Crippen molar-refractivity contribution in [2.24, 2.45) is 0 Å². The fraction of sp³-hybridized carbons (Fsp3) is 0.300. The second-order valence-electron chi connectivity index (χ2n) is 2.66. The summed E-state index contributed by atoms with van der Waals surface area (Å²) in [5.74, 6) is 0. The van der Waals surface area contributed by atoms with Gasteiger partial charge in [0.25, 0.3) is 0 Å². The molecule has 1 nitrogen and oxygen atoms in total. The van der Waals surface area contributed by atoms with Crippen molar-refractivity contribution in [3.63, 3.8) is 0 Å². The predicted octanol–water partition coefficient (Wildman–Crippen LogP) is 2.81. The molecule has 0 N–H and O–H groups in total. The van der Waals surface area contributed by atoms with Crippen LogP contribution in [0.25, 0.3) is 5.57 Å². The Morgan fingerprint density at radius 2 is 2.27 bits per heavy atom. The minimum atomic E-state index is 1.25. The van der Waals surface area contributed by atoms with E-state index >= 15 is 0 Å². The van der Waals surface area contributed by atoms with Crippen molar-refractivity contribution in [2.45, 2.75) is 20.8 Å². The van der Waals surface area contributed by atoms with E-state index < -0.39 is 0 Å². The summed E-state index contributed by atoms with van der Waals surface area (Å²) >= 11 is 0. The van der Waals surface area contributed by atoms with Crippen LogP contribution in [0.3, 0.4) is 0 Å². The van der Waals surface area contributed by atoms with E-state index in [1.54, 1.807) is 0 Å². The van der Waals surface area contributed by atoms with Gasteiger partial charge in [-0.25, -0.2) is 0 Å². The molecule has 0 aromatic carbocycles. The van der Waals surface area contributed by atoms with Crippen molar-refractivity contribution in [3.8, 4) is 0 Å². The molecule has 11 heavy (non-hydrogen) atoms. The number of pyridine rings is 1. The molecular weight excluding hydrogens is 134 g/mol. The van der Waals surface area contributed by atoms with Crippen molar-refractivity contribution in [1.29, 1.82) is 0 Å². The largest absolute Gasteiger partial charge is 0.264 e. The third kappa shape index (κ3) is 1.67. The first-order valence-electron chi connectivity index (χ1n) is 3.79. The van der Waals surface area contributed by atoms with Crippen LogP contribution < -0.4 is 0 Å². The summed E-state index contributed by atoms with van der Waals surface area (Å²) < 4.78 is 0. The van der Waals surface area contributed by atoms with E-state index in [1.807, 2.05) is 25.4 Å². The van der Waals surface area contributed by atoms with Gasteiger partial charge in [-0.2, -0.15) is 0 Å². The number of aryl methyl sites for hydroxylation is 1. The highest BCUT2D eigenvalue weighted by Gasteiger charge is 1.96. The lowest BCUT2D eigenvalue weighted by molar-refractivity contribution is 1.25. The molecule has 1 rings (SSSR count). The third-order valence-corrected chi connectivity index (χ3v) is 1.90. The third-order valence-electron chi connectivity index (χ3n) is 1.90. The van der Waals surface area contributed by atoms with Crippen molar-refractivity contribution < 1.29 is 0 Å². The molecule has 0 unspecified atom stereocenters. The highest BCUT2D eigenvalue weighted by Crippen LogP contribution is 2.15. The van der Waals surface area contributed by atoms with Gasteiger partial charge < -0.3 is 0 Å². The predicted molar refractivity (Wildman–Crippen MR) is 48.3 cm³/mol. The van der Waals surface area contributed by atoms with Crippen molar-refractivity contribution in [3.05, 3.63) is 35.7 Å². The number of nitrogens with zero attached hydrogens (tertiary/aromatic N) is 1. The maximum Gasteiger partial charge on any atom is 0.0345 e. The monoisotopic (exact) mass is 147 g/mol. The van der Waals surface area contributed by atoms with Crippen LogP contribution in [-0.4, -0.2) is 4.98 Å². The van der Waals surface area contributed by atoms with Crippen LogP contribution in [0.2, 0.25) is 0 Å². The lowest BCUT2D eigenvalue weighted by Crippen LogP contribution is -1.85. The fourth-order valence-electron chi connectivity index (χ4n) is 1.03. The van der Waals surface area contributed by atoms with Gasteiger partial charge in [0, 0.05) is 12.4 Å². The van der Waals surface area contributed by atoms with Gasteiger partial charge in [0.2, 0.25) is 0 Å². The average molecular weight is 147 g/mol. The number of hydrogen-bond donors (Lipinski definition) is 0. The first-order chi connectivity index (χ1) is 5.25. The molecule has 58 valence electrons. The number of hydrogen-bond acceptors (Lipinski definition) is 1. The van der Waals surface area contributed by atoms with Crippen LogP contribution in [0.1, 0.15) is 25.0 Å². The van der Waals surface area contributed by atoms with Gasteiger partial charge in [-0.1, -0.05) is 6.08 Å². The Morgan fingerprint density at radius 3 is 2.82 bits per heavy atom. The zero-order valence-corrected chi connectivity index (χ0v) is 7.26. The lowest BCUT2D eigenvalue weighted by atomic mass is 10.1. The van der Waals surface area contributed by atoms with E-state index in [0.717, 1.165) is 0 Å². The number of aromatic nitrogens is 1. The van der Waals surface area contributed by atoms with Gasteiger partial charge in [0.15, 0.2) is 0 Å². The molecule has 0 saturated heterocycles. The van der Waals surface area contributed by atoms with Crippen LogP contribution in [0, 0.1) is 6.92 Å². The highest BCUT2D eigenvalue weighted by molar-refractivity contribution is 5.65. The van der Waals surface area contributed by atoms with Crippen LogP contribution in [-0.2, 0) is 0 Å². The fourth-order valence-corrected chi connectivity index (χ4v) is 1.03. The summed E-state index contributed by atoms with van der Waals surface area (Å²) in [4.78, 5) is 4.07. The lowest BCUT2D eigenvalue weighted by Gasteiger charge is -2.02. The molecule has 0 spiro atoms. The zero-order chi connectivity index (χ0) is 8.27. The number of rotatable bonds is 1. The van der Waals surface area contributed by atoms with Gasteiger partial charge in [-0.15, -0.1) is 0 Å². The Labute approximate surface area is 67.8 Å². The zero-order valence-electron chi connectivity index (χ0n) is 7.26. The van der Waals surface area contributed by atoms with E-state index in [2.05, 4.69) is 24.9 Å². The molecule has 0 saturated carbocycles. The minimum Gasteiger partial charge on any atom is -0.264 e. The van der Waals surface area contributed by atoms with Gasteiger partial charge in [-0.3, -0.25) is 4.98 Å². The Morgan fingerprint density at radius 1 is 1.55 bits per heavy atom. The van der Waals surface area contributed by atoms with Crippen LogP contribution in [0.4, 0.5) is 0 Å². The topological polar surface area (TPSA) is 12.9 Å². The van der Waals surface area contributed by atoms with Crippen LogP contribution in [0.15, 0.2) is 24.5 Å². The summed E-state index contributed by atoms with van der Waals surface area (Å²) in [5.41, 5.74) is 3.82. The molecule has 1 aromatic heterocycles. The summed E-state index contributed by atoms with van der Waals surface area (Å²) in [6.07, 6.45) is 5.83. The van der Waals surface area contributed by atoms with Gasteiger partial charge in [-0.05, 0) is 43.5 Å². The molecule has 0 aliphatic heterocycles. The van der Waals surface area contributed by atoms with E-state index in [1.165, 1.54) is 16.7 Å². The highest BCUT2D eigenvalue weighted by atomic mass is 14.6. The Balaban J connectivity index is 3.14. The van der Waals surface area contributed by atoms with Gasteiger partial charge in [0.1, 0.15) is 0 Å². The molecule has 0 aliphatic carbocycles. The SMILES string of the molecule is C/C=C(/C)c1cnccc1C. The van der Waals surface area contributed by atoms with E-state index in [-0.39, 0.29) is 0 Å². The van der Waals surface area contributed by atoms with E-state index in [0.29, 0.717) is 0 Å². The molecular formula is C10H13N. The van der Waals surface area contributed by atoms with Crippen molar-refractivity contribution in [1.82, 2.24) is 4.98 Å². The molecule has 0 amide bonds. The molecule has 0 aliphatic rings. The standard InChI is InChI=1S/C10H13N/c1-4-8(2)10-7-11-6-5-9(10)3/h4-7H,1-3H3/b8-4-. The van der Waals surface area contributed by atoms with Crippen LogP contribution in [0.5, 0.6) is 0 Å². The summed E-state index contributed by atoms with van der Waals surface area (Å²) in [6, 6.07) is 2.03. The maximum atomic E-state index is 4.07. The molecule has 0 fully saturated rings. The smallest absolute Gasteiger partial charge is 0.0345 e. The minimum absolute atomic E-state index is 1.25. The second-order valence-corrected chi connectivity index (χ2v) is 2.66. The normalized spacial score (nSPS) is 11.7. The molecule has 1 aromatic rings. The molecule has 1 heterocycles. The Kier molecular flexibility index (Phi) is 2.42. The van der Waals surface area contributed by atoms with E-state index in [9.17, 15) is 0 Å². The second kappa shape index (κ2) is 3.33. The van der Waals surface area contributed by atoms with E-state index in [4.69, 9.17) is 0 Å². The summed E-state index contributed by atoms with van der Waals surface area (Å²) in [5, 5.41) is 0. The Bertz CT molecular complexity index is 274. The quantitative estimate of drug-likeness (QED) is 0.595. The molecule has 1 heteroatoms. The first kappa shape index (κ1) is 7.99. The Hall–Kier alpha value is -1.11. The molecule has 0 atom stereocenters. The van der Waals surface area contributed by atoms with Gasteiger partial charge in [0.05, 0.1) is 0 Å². The van der Waals surface area contributed by atoms with Crippen molar-refractivity contribution >= 4 is 5.57 Å².